The van der Waals surface area contributed by atoms with Crippen molar-refractivity contribution in [1.29, 1.82) is 0 Å². The number of carbonyl (C=O) groups excluding carboxylic acids is 1. The molecule has 0 saturated heterocycles. The van der Waals surface area contributed by atoms with E-state index in [9.17, 15) is 13.2 Å². The molecule has 0 unspecified atom stereocenters. The smallest absolute Gasteiger partial charge is 0.277 e. The summed E-state index contributed by atoms with van der Waals surface area (Å²) in [7, 11) is -1.98. The van der Waals surface area contributed by atoms with Gasteiger partial charge in [0.15, 0.2) is 15.5 Å². The third-order valence-corrected chi connectivity index (χ3v) is 5.17. The highest BCUT2D eigenvalue weighted by Gasteiger charge is 2.17. The standard InChI is InChI=1S/C18H16ClN3O4S/c1-26-21-18(23)16-11-17(12-3-5-13(19)6-4-12)22(20-16)14-7-9-15(10-8-14)27(2,24)25/h3-11H,1-2H3,(H,21,23). The lowest BCUT2D eigenvalue weighted by atomic mass is 10.1. The molecule has 0 bridgehead atoms. The third kappa shape index (κ3) is 4.19. The first-order valence-electron chi connectivity index (χ1n) is 7.79. The number of nitrogens with zero attached hydrogens (tertiary/aromatic N) is 2. The van der Waals surface area contributed by atoms with Gasteiger partial charge in [-0.25, -0.2) is 18.6 Å². The minimum Gasteiger partial charge on any atom is -0.277 e. The summed E-state index contributed by atoms with van der Waals surface area (Å²) < 4.78 is 24.9. The van der Waals surface area contributed by atoms with Crippen LogP contribution in [0.25, 0.3) is 16.9 Å². The van der Waals surface area contributed by atoms with E-state index in [1.54, 1.807) is 47.1 Å². The Morgan fingerprint density at radius 3 is 2.30 bits per heavy atom. The minimum absolute atomic E-state index is 0.147. The zero-order valence-corrected chi connectivity index (χ0v) is 16.1. The van der Waals surface area contributed by atoms with Crippen LogP contribution in [0.15, 0.2) is 59.5 Å². The minimum atomic E-state index is -3.31. The van der Waals surface area contributed by atoms with Gasteiger partial charge in [0.1, 0.15) is 0 Å². The first kappa shape index (κ1) is 19.1. The van der Waals surface area contributed by atoms with E-state index < -0.39 is 15.7 Å². The third-order valence-electron chi connectivity index (χ3n) is 3.79. The van der Waals surface area contributed by atoms with Crippen LogP contribution in [0.2, 0.25) is 5.02 Å². The number of amides is 1. The Bertz CT molecular complexity index is 1070. The fraction of sp³-hybridized carbons (Fsp3) is 0.111. The molecule has 0 aliphatic heterocycles. The lowest BCUT2D eigenvalue weighted by Gasteiger charge is -2.08. The van der Waals surface area contributed by atoms with E-state index in [4.69, 9.17) is 11.6 Å². The Balaban J connectivity index is 2.12. The number of sulfone groups is 1. The van der Waals surface area contributed by atoms with E-state index in [1.165, 1.54) is 19.2 Å². The van der Waals surface area contributed by atoms with Crippen molar-refractivity contribution in [3.8, 4) is 16.9 Å². The quantitative estimate of drug-likeness (QED) is 0.659. The lowest BCUT2D eigenvalue weighted by Crippen LogP contribution is -2.22. The van der Waals surface area contributed by atoms with Crippen molar-refractivity contribution in [1.82, 2.24) is 15.3 Å². The van der Waals surface area contributed by atoms with Crippen LogP contribution in [0, 0.1) is 0 Å². The highest BCUT2D eigenvalue weighted by molar-refractivity contribution is 7.90. The topological polar surface area (TPSA) is 90.3 Å². The summed E-state index contributed by atoms with van der Waals surface area (Å²) >= 11 is 5.95. The molecule has 0 fully saturated rings. The summed E-state index contributed by atoms with van der Waals surface area (Å²) in [4.78, 5) is 17.0. The average Bonchev–Trinajstić information content (AvgIpc) is 3.07. The molecule has 0 aliphatic carbocycles. The van der Waals surface area contributed by atoms with Crippen LogP contribution in [0.3, 0.4) is 0 Å². The van der Waals surface area contributed by atoms with Crippen LogP contribution < -0.4 is 5.48 Å². The van der Waals surface area contributed by atoms with Gasteiger partial charge in [-0.2, -0.15) is 5.10 Å². The van der Waals surface area contributed by atoms with Gasteiger partial charge in [-0.15, -0.1) is 0 Å². The number of aromatic nitrogens is 2. The molecule has 0 saturated carbocycles. The van der Waals surface area contributed by atoms with Crippen molar-refractivity contribution < 1.29 is 18.0 Å². The van der Waals surface area contributed by atoms with Crippen molar-refractivity contribution in [2.45, 2.75) is 4.90 Å². The van der Waals surface area contributed by atoms with Crippen LogP contribution in [-0.2, 0) is 14.7 Å². The predicted molar refractivity (Wildman–Crippen MR) is 102 cm³/mol. The van der Waals surface area contributed by atoms with Gasteiger partial charge in [-0.1, -0.05) is 23.7 Å². The second kappa shape index (κ2) is 7.51. The molecule has 0 atom stereocenters. The van der Waals surface area contributed by atoms with Gasteiger partial charge in [0.25, 0.3) is 5.91 Å². The largest absolute Gasteiger partial charge is 0.295 e. The monoisotopic (exact) mass is 405 g/mol. The summed E-state index contributed by atoms with van der Waals surface area (Å²) in [6, 6.07) is 14.9. The Morgan fingerprint density at radius 2 is 1.74 bits per heavy atom. The maximum absolute atomic E-state index is 12.1. The highest BCUT2D eigenvalue weighted by atomic mass is 35.5. The first-order chi connectivity index (χ1) is 12.8. The maximum Gasteiger partial charge on any atom is 0.295 e. The van der Waals surface area contributed by atoms with E-state index in [0.717, 1.165) is 11.8 Å². The Hall–Kier alpha value is -2.68. The van der Waals surface area contributed by atoms with Crippen LogP contribution in [0.1, 0.15) is 10.5 Å². The van der Waals surface area contributed by atoms with Crippen molar-refractivity contribution >= 4 is 27.3 Å². The number of hydroxylamine groups is 1. The van der Waals surface area contributed by atoms with Crippen LogP contribution in [0.5, 0.6) is 0 Å². The highest BCUT2D eigenvalue weighted by Crippen LogP contribution is 2.26. The maximum atomic E-state index is 12.1. The molecule has 140 valence electrons. The zero-order chi connectivity index (χ0) is 19.6. The molecule has 0 spiro atoms. The van der Waals surface area contributed by atoms with Crippen molar-refractivity contribution in [3.63, 3.8) is 0 Å². The lowest BCUT2D eigenvalue weighted by molar-refractivity contribution is 0.0532. The molecule has 0 aliphatic rings. The van der Waals surface area contributed by atoms with Crippen molar-refractivity contribution in [2.75, 3.05) is 13.4 Å². The Labute approximate surface area is 161 Å². The molecule has 1 heterocycles. The molecule has 1 aromatic heterocycles. The average molecular weight is 406 g/mol. The molecule has 0 radical (unpaired) electrons. The van der Waals surface area contributed by atoms with Gasteiger partial charge in [-0.05, 0) is 42.5 Å². The molecule has 3 aromatic rings. The van der Waals surface area contributed by atoms with Gasteiger partial charge in [0.2, 0.25) is 0 Å². The molecule has 9 heteroatoms. The number of carbonyl (C=O) groups is 1. The fourth-order valence-electron chi connectivity index (χ4n) is 2.49. The van der Waals surface area contributed by atoms with E-state index >= 15 is 0 Å². The predicted octanol–water partition coefficient (Wildman–Crippen LogP) is 2.89. The second-order valence-electron chi connectivity index (χ2n) is 5.73. The number of rotatable bonds is 5. The molecule has 2 aromatic carbocycles. The molecule has 3 rings (SSSR count). The second-order valence-corrected chi connectivity index (χ2v) is 8.19. The number of nitrogens with one attached hydrogen (secondary N) is 1. The summed E-state index contributed by atoms with van der Waals surface area (Å²) in [5, 5.41) is 4.91. The molecular weight excluding hydrogens is 390 g/mol. The van der Waals surface area contributed by atoms with Gasteiger partial charge in [0.05, 0.1) is 23.4 Å². The van der Waals surface area contributed by atoms with Crippen LogP contribution in [0.4, 0.5) is 0 Å². The van der Waals surface area contributed by atoms with Crippen molar-refractivity contribution in [2.24, 2.45) is 0 Å². The van der Waals surface area contributed by atoms with Crippen LogP contribution in [-0.4, -0.2) is 37.5 Å². The van der Waals surface area contributed by atoms with E-state index in [2.05, 4.69) is 15.4 Å². The number of halogens is 1. The van der Waals surface area contributed by atoms with Crippen molar-refractivity contribution in [3.05, 3.63) is 65.3 Å². The number of hydrogen-bond donors (Lipinski definition) is 1. The fourth-order valence-corrected chi connectivity index (χ4v) is 3.25. The molecule has 27 heavy (non-hydrogen) atoms. The molecular formula is C18H16ClN3O4S. The van der Waals surface area contributed by atoms with Gasteiger partial charge in [0, 0.05) is 16.8 Å². The van der Waals surface area contributed by atoms with E-state index in [-0.39, 0.29) is 10.6 Å². The summed E-state index contributed by atoms with van der Waals surface area (Å²) in [6.45, 7) is 0. The summed E-state index contributed by atoms with van der Waals surface area (Å²) in [5.74, 6) is -0.501. The zero-order valence-electron chi connectivity index (χ0n) is 14.5. The SMILES string of the molecule is CONC(=O)c1cc(-c2ccc(Cl)cc2)n(-c2ccc(S(C)(=O)=O)cc2)n1. The van der Waals surface area contributed by atoms with Gasteiger partial charge < -0.3 is 0 Å². The Morgan fingerprint density at radius 1 is 1.11 bits per heavy atom. The summed E-state index contributed by atoms with van der Waals surface area (Å²) in [5.41, 5.74) is 4.40. The van der Waals surface area contributed by atoms with E-state index in [0.29, 0.717) is 16.4 Å². The van der Waals surface area contributed by atoms with Gasteiger partial charge in [-0.3, -0.25) is 9.63 Å². The normalized spacial score (nSPS) is 11.4. The number of hydrogen-bond acceptors (Lipinski definition) is 5. The molecule has 1 N–H and O–H groups in total. The first-order valence-corrected chi connectivity index (χ1v) is 10.1. The van der Waals surface area contributed by atoms with Gasteiger partial charge >= 0.3 is 0 Å². The molecule has 7 nitrogen and oxygen atoms in total. The summed E-state index contributed by atoms with van der Waals surface area (Å²) in [6.07, 6.45) is 1.14. The van der Waals surface area contributed by atoms with Crippen LogP contribution >= 0.6 is 11.6 Å². The number of benzene rings is 2. The molecule has 1 amide bonds. The van der Waals surface area contributed by atoms with E-state index in [1.807, 2.05) is 0 Å². The Kier molecular flexibility index (Phi) is 5.31.